The second-order valence-corrected chi connectivity index (χ2v) is 9.98. The fraction of sp³-hybridized carbons (Fsp3) is 0. The summed E-state index contributed by atoms with van der Waals surface area (Å²) >= 11 is 12.7. The van der Waals surface area contributed by atoms with Gasteiger partial charge in [0.05, 0.1) is 0 Å². The van der Waals surface area contributed by atoms with Crippen LogP contribution in [-0.2, 0) is 0 Å². The summed E-state index contributed by atoms with van der Waals surface area (Å²) in [4.78, 5) is 0. The Hall–Kier alpha value is -0.763. The van der Waals surface area contributed by atoms with Crippen molar-refractivity contribution in [3.8, 4) is 0 Å². The Labute approximate surface area is 98.9 Å². The van der Waals surface area contributed by atoms with Crippen LogP contribution in [0.2, 0.25) is 0 Å². The predicted molar refractivity (Wildman–Crippen MR) is 69.0 cm³/mol. The number of rotatable bonds is 0. The topological polar surface area (TPSA) is 0 Å². The Morgan fingerprint density at radius 2 is 1.87 bits per heavy atom. The van der Waals surface area contributed by atoms with Crippen LogP contribution in [0.1, 0.15) is 11.1 Å². The van der Waals surface area contributed by atoms with Gasteiger partial charge in [0, 0.05) is 0 Å². The maximum Gasteiger partial charge on any atom is 0.304 e. The summed E-state index contributed by atoms with van der Waals surface area (Å²) in [6, 6.07) is 8.29. The zero-order chi connectivity index (χ0) is 10.5. The van der Waals surface area contributed by atoms with E-state index in [1.807, 2.05) is 23.9 Å². The summed E-state index contributed by atoms with van der Waals surface area (Å²) in [5, 5.41) is 1.12. The molecule has 0 N–H and O–H groups in total. The van der Waals surface area contributed by atoms with Crippen molar-refractivity contribution in [2.75, 3.05) is 0 Å². The molecule has 0 bridgehead atoms. The minimum Gasteiger partial charge on any atom is -0.134 e. The van der Waals surface area contributed by atoms with E-state index in [2.05, 4.69) is 24.3 Å². The Bertz CT molecular complexity index is 524. The van der Waals surface area contributed by atoms with Crippen molar-refractivity contribution in [3.05, 3.63) is 58.4 Å². The lowest BCUT2D eigenvalue weighted by Gasteiger charge is -2.19. The molecule has 0 nitrogen and oxygen atoms in total. The van der Waals surface area contributed by atoms with Crippen LogP contribution in [0.3, 0.4) is 0 Å². The lowest BCUT2D eigenvalue weighted by atomic mass is 10.1. The number of fused-ring (bicyclic) bond motifs is 3. The van der Waals surface area contributed by atoms with Gasteiger partial charge in [0.2, 0.25) is 0 Å². The molecule has 3 rings (SSSR count). The van der Waals surface area contributed by atoms with Crippen molar-refractivity contribution in [2.24, 2.45) is 0 Å². The Morgan fingerprint density at radius 3 is 2.73 bits per heavy atom. The summed E-state index contributed by atoms with van der Waals surface area (Å²) in [5.74, 6) is 0. The third-order valence-corrected chi connectivity index (χ3v) is 6.49. The van der Waals surface area contributed by atoms with Gasteiger partial charge in [-0.2, -0.15) is 0 Å². The van der Waals surface area contributed by atoms with E-state index in [0.717, 1.165) is 5.20 Å². The molecule has 74 valence electrons. The Balaban J connectivity index is 2.25. The molecule has 1 aromatic rings. The molecule has 2 aliphatic rings. The standard InChI is InChI=1S/C12H8Cl2Si/c13-15(14)7-3-6-11-10-5-2-1-4-9(10)8-12(11)15/h1-8H. The summed E-state index contributed by atoms with van der Waals surface area (Å²) in [6.07, 6.45) is 6.19. The van der Waals surface area contributed by atoms with Gasteiger partial charge in [-0.15, -0.1) is 22.2 Å². The molecule has 0 aromatic heterocycles. The first-order valence-corrected chi connectivity index (χ1v) is 8.88. The zero-order valence-corrected chi connectivity index (χ0v) is 10.4. The average Bonchev–Trinajstić information content (AvgIpc) is 2.58. The Morgan fingerprint density at radius 1 is 1.07 bits per heavy atom. The molecule has 1 aliphatic heterocycles. The minimum atomic E-state index is -2.36. The zero-order valence-electron chi connectivity index (χ0n) is 7.87. The van der Waals surface area contributed by atoms with Gasteiger partial charge < -0.3 is 0 Å². The first kappa shape index (κ1) is 9.46. The van der Waals surface area contributed by atoms with Crippen LogP contribution >= 0.6 is 22.2 Å². The normalized spacial score (nSPS) is 20.4. The van der Waals surface area contributed by atoms with Gasteiger partial charge in [-0.25, -0.2) is 0 Å². The highest BCUT2D eigenvalue weighted by molar-refractivity contribution is 7.51. The molecule has 15 heavy (non-hydrogen) atoms. The molecule has 1 aromatic carbocycles. The fourth-order valence-electron chi connectivity index (χ4n) is 2.06. The summed E-state index contributed by atoms with van der Waals surface area (Å²) in [7, 11) is 0. The van der Waals surface area contributed by atoms with E-state index in [0.29, 0.717) is 0 Å². The molecule has 0 saturated carbocycles. The van der Waals surface area contributed by atoms with E-state index in [9.17, 15) is 0 Å². The molecule has 0 saturated heterocycles. The highest BCUT2D eigenvalue weighted by Gasteiger charge is 2.37. The molecule has 0 amide bonds. The molecule has 0 radical (unpaired) electrons. The second-order valence-electron chi connectivity index (χ2n) is 3.71. The summed E-state index contributed by atoms with van der Waals surface area (Å²) in [6.45, 7) is -2.36. The maximum absolute atomic E-state index is 6.37. The van der Waals surface area contributed by atoms with Crippen LogP contribution in [0, 0.1) is 0 Å². The molecular weight excluding hydrogens is 243 g/mol. The molecule has 3 heteroatoms. The van der Waals surface area contributed by atoms with Crippen molar-refractivity contribution in [1.29, 1.82) is 0 Å². The molecule has 1 heterocycles. The number of allylic oxidation sites excluding steroid dienone is 4. The van der Waals surface area contributed by atoms with Crippen LogP contribution in [0.4, 0.5) is 0 Å². The summed E-state index contributed by atoms with van der Waals surface area (Å²) in [5.41, 5.74) is 5.61. The molecule has 1 aliphatic carbocycles. The summed E-state index contributed by atoms with van der Waals surface area (Å²) < 4.78 is 0. The molecule has 0 fully saturated rings. The highest BCUT2D eigenvalue weighted by atomic mass is 35.7. The highest BCUT2D eigenvalue weighted by Crippen LogP contribution is 2.45. The molecule has 0 spiro atoms. The molecule has 0 unspecified atom stereocenters. The SMILES string of the molecule is Cl[Si]1(Cl)C=CC=C2C1=Cc1ccccc12. The van der Waals surface area contributed by atoms with Crippen molar-refractivity contribution in [2.45, 2.75) is 0 Å². The number of hydrogen-bond donors (Lipinski definition) is 0. The van der Waals surface area contributed by atoms with Crippen molar-refractivity contribution >= 4 is 40.5 Å². The van der Waals surface area contributed by atoms with E-state index in [1.165, 1.54) is 16.7 Å². The predicted octanol–water partition coefficient (Wildman–Crippen LogP) is 4.04. The van der Waals surface area contributed by atoms with Crippen LogP contribution < -0.4 is 0 Å². The van der Waals surface area contributed by atoms with Crippen LogP contribution in [-0.4, -0.2) is 6.69 Å². The van der Waals surface area contributed by atoms with Gasteiger partial charge in [0.1, 0.15) is 0 Å². The first-order valence-electron chi connectivity index (χ1n) is 4.78. The number of hydrogen-bond acceptors (Lipinski definition) is 0. The van der Waals surface area contributed by atoms with E-state index in [-0.39, 0.29) is 0 Å². The van der Waals surface area contributed by atoms with E-state index < -0.39 is 6.69 Å². The van der Waals surface area contributed by atoms with E-state index in [1.54, 1.807) is 0 Å². The molecule has 0 atom stereocenters. The van der Waals surface area contributed by atoms with Crippen LogP contribution in [0.15, 0.2) is 47.3 Å². The van der Waals surface area contributed by atoms with Crippen molar-refractivity contribution in [3.63, 3.8) is 0 Å². The van der Waals surface area contributed by atoms with Crippen molar-refractivity contribution < 1.29 is 0 Å². The van der Waals surface area contributed by atoms with Gasteiger partial charge in [-0.3, -0.25) is 0 Å². The fourth-order valence-corrected chi connectivity index (χ4v) is 4.87. The van der Waals surface area contributed by atoms with Gasteiger partial charge in [0.15, 0.2) is 0 Å². The lowest BCUT2D eigenvalue weighted by Crippen LogP contribution is -2.21. The third-order valence-electron chi connectivity index (χ3n) is 2.77. The largest absolute Gasteiger partial charge is 0.304 e. The van der Waals surface area contributed by atoms with Crippen molar-refractivity contribution in [1.82, 2.24) is 0 Å². The first-order chi connectivity index (χ1) is 7.18. The minimum absolute atomic E-state index is 1.12. The average molecular weight is 251 g/mol. The Kier molecular flexibility index (Phi) is 1.96. The van der Waals surface area contributed by atoms with Crippen LogP contribution in [0.25, 0.3) is 11.6 Å². The van der Waals surface area contributed by atoms with E-state index >= 15 is 0 Å². The number of halogens is 2. The van der Waals surface area contributed by atoms with Gasteiger partial charge >= 0.3 is 6.69 Å². The van der Waals surface area contributed by atoms with Gasteiger partial charge in [-0.05, 0) is 21.9 Å². The maximum atomic E-state index is 6.37. The van der Waals surface area contributed by atoms with Gasteiger partial charge in [0.25, 0.3) is 0 Å². The lowest BCUT2D eigenvalue weighted by molar-refractivity contribution is 1.61. The smallest absolute Gasteiger partial charge is 0.134 e. The second kappa shape index (κ2) is 3.11. The van der Waals surface area contributed by atoms with Crippen LogP contribution in [0.5, 0.6) is 0 Å². The molecular formula is C12H8Cl2Si. The van der Waals surface area contributed by atoms with E-state index in [4.69, 9.17) is 22.2 Å². The number of benzene rings is 1. The monoisotopic (exact) mass is 250 g/mol. The quantitative estimate of drug-likeness (QED) is 0.482. The van der Waals surface area contributed by atoms with Gasteiger partial charge in [-0.1, -0.05) is 48.2 Å². The third kappa shape index (κ3) is 1.35.